The van der Waals surface area contributed by atoms with E-state index in [0.29, 0.717) is 29.4 Å². The van der Waals surface area contributed by atoms with Gasteiger partial charge in [-0.15, -0.1) is 0 Å². The molecule has 1 N–H and O–H groups in total. The number of nitrogens with zero attached hydrogens (tertiary/aromatic N) is 5. The van der Waals surface area contributed by atoms with Crippen LogP contribution >= 0.6 is 0 Å². The quantitative estimate of drug-likeness (QED) is 0.688. The highest BCUT2D eigenvalue weighted by atomic mass is 16.6. The number of anilines is 1. The first kappa shape index (κ1) is 15.4. The summed E-state index contributed by atoms with van der Waals surface area (Å²) >= 11 is 0. The standard InChI is InChI=1S/C15H20N6O2/c1-9-5-4-6-12(9)18-15-17-10(2)13(21(22)23)14(19-15)20-8-7-16-11(20)3/h7-9,12H,4-6H2,1-3H3,(H,17,18,19). The molecular weight excluding hydrogens is 296 g/mol. The summed E-state index contributed by atoms with van der Waals surface area (Å²) in [6.45, 7) is 5.62. The van der Waals surface area contributed by atoms with Crippen molar-refractivity contribution in [2.24, 2.45) is 5.92 Å². The van der Waals surface area contributed by atoms with Crippen LogP contribution in [0.5, 0.6) is 0 Å². The van der Waals surface area contributed by atoms with Crippen LogP contribution in [0, 0.1) is 29.9 Å². The fraction of sp³-hybridized carbons (Fsp3) is 0.533. The molecule has 2 aromatic heterocycles. The van der Waals surface area contributed by atoms with Crippen LogP contribution in [0.3, 0.4) is 0 Å². The Morgan fingerprint density at radius 1 is 1.35 bits per heavy atom. The van der Waals surface area contributed by atoms with E-state index in [-0.39, 0.29) is 11.5 Å². The minimum atomic E-state index is -0.438. The molecule has 0 radical (unpaired) electrons. The minimum absolute atomic E-state index is 0.0869. The second-order valence-corrected chi connectivity index (χ2v) is 6.07. The highest BCUT2D eigenvalue weighted by Gasteiger charge is 2.27. The van der Waals surface area contributed by atoms with Gasteiger partial charge < -0.3 is 5.32 Å². The summed E-state index contributed by atoms with van der Waals surface area (Å²) in [5.41, 5.74) is 0.261. The summed E-state index contributed by atoms with van der Waals surface area (Å²) in [6, 6.07) is 0.313. The molecule has 3 rings (SSSR count). The number of hydrogen-bond acceptors (Lipinski definition) is 6. The van der Waals surface area contributed by atoms with Crippen LogP contribution in [-0.2, 0) is 0 Å². The summed E-state index contributed by atoms with van der Waals surface area (Å²) in [4.78, 5) is 23.8. The molecule has 1 fully saturated rings. The maximum Gasteiger partial charge on any atom is 0.333 e. The van der Waals surface area contributed by atoms with Crippen LogP contribution in [-0.4, -0.2) is 30.5 Å². The third-order valence-electron chi connectivity index (χ3n) is 4.45. The van der Waals surface area contributed by atoms with Gasteiger partial charge in [-0.1, -0.05) is 13.3 Å². The van der Waals surface area contributed by atoms with E-state index >= 15 is 0 Å². The first-order valence-corrected chi connectivity index (χ1v) is 7.77. The Morgan fingerprint density at radius 3 is 2.70 bits per heavy atom. The van der Waals surface area contributed by atoms with Crippen LogP contribution < -0.4 is 5.32 Å². The van der Waals surface area contributed by atoms with E-state index < -0.39 is 4.92 Å². The molecule has 8 nitrogen and oxygen atoms in total. The Balaban J connectivity index is 2.05. The number of hydrogen-bond donors (Lipinski definition) is 1. The molecule has 2 unspecified atom stereocenters. The summed E-state index contributed by atoms with van der Waals surface area (Å²) in [7, 11) is 0. The Morgan fingerprint density at radius 2 is 2.13 bits per heavy atom. The molecule has 0 saturated heterocycles. The molecule has 23 heavy (non-hydrogen) atoms. The lowest BCUT2D eigenvalue weighted by atomic mass is 10.1. The first-order chi connectivity index (χ1) is 11.0. The van der Waals surface area contributed by atoms with Crippen molar-refractivity contribution in [3.63, 3.8) is 0 Å². The molecule has 122 valence electrons. The first-order valence-electron chi connectivity index (χ1n) is 7.77. The molecule has 2 aromatic rings. The number of aryl methyl sites for hydroxylation is 2. The van der Waals surface area contributed by atoms with Crippen LogP contribution in [0.2, 0.25) is 0 Å². The van der Waals surface area contributed by atoms with Crippen molar-refractivity contribution in [1.82, 2.24) is 19.5 Å². The molecule has 0 aliphatic heterocycles. The van der Waals surface area contributed by atoms with Crippen molar-refractivity contribution >= 4 is 11.6 Å². The Kier molecular flexibility index (Phi) is 3.97. The van der Waals surface area contributed by atoms with E-state index in [0.717, 1.165) is 6.42 Å². The van der Waals surface area contributed by atoms with Crippen molar-refractivity contribution in [3.8, 4) is 5.82 Å². The highest BCUT2D eigenvalue weighted by Crippen LogP contribution is 2.30. The maximum atomic E-state index is 11.4. The van der Waals surface area contributed by atoms with Gasteiger partial charge in [0.2, 0.25) is 11.8 Å². The molecule has 2 atom stereocenters. The summed E-state index contributed by atoms with van der Waals surface area (Å²) < 4.78 is 1.62. The molecule has 0 spiro atoms. The second-order valence-electron chi connectivity index (χ2n) is 6.07. The summed E-state index contributed by atoms with van der Waals surface area (Å²) in [5.74, 6) is 1.89. The van der Waals surface area contributed by atoms with Gasteiger partial charge in [0.15, 0.2) is 0 Å². The average Bonchev–Trinajstić information content (AvgIpc) is 3.07. The molecule has 1 aliphatic rings. The van der Waals surface area contributed by atoms with E-state index in [9.17, 15) is 10.1 Å². The molecule has 0 amide bonds. The van der Waals surface area contributed by atoms with Crippen molar-refractivity contribution in [2.75, 3.05) is 5.32 Å². The van der Waals surface area contributed by atoms with Gasteiger partial charge >= 0.3 is 5.69 Å². The number of aromatic nitrogens is 4. The van der Waals surface area contributed by atoms with E-state index in [4.69, 9.17) is 0 Å². The minimum Gasteiger partial charge on any atom is -0.351 e. The molecular formula is C15H20N6O2. The molecule has 1 aliphatic carbocycles. The molecule has 0 bridgehead atoms. The monoisotopic (exact) mass is 316 g/mol. The van der Waals surface area contributed by atoms with Crippen LogP contribution in [0.4, 0.5) is 11.6 Å². The van der Waals surface area contributed by atoms with Gasteiger partial charge in [0.05, 0.1) is 4.92 Å². The Hall–Kier alpha value is -2.51. The third-order valence-corrected chi connectivity index (χ3v) is 4.45. The van der Waals surface area contributed by atoms with Crippen molar-refractivity contribution in [2.45, 2.75) is 46.1 Å². The zero-order chi connectivity index (χ0) is 16.6. The third kappa shape index (κ3) is 2.88. The van der Waals surface area contributed by atoms with E-state index in [1.54, 1.807) is 30.8 Å². The Labute approximate surface area is 134 Å². The van der Waals surface area contributed by atoms with Gasteiger partial charge in [-0.25, -0.2) is 9.97 Å². The van der Waals surface area contributed by atoms with Gasteiger partial charge in [0.25, 0.3) is 0 Å². The Bertz CT molecular complexity index is 742. The van der Waals surface area contributed by atoms with E-state index in [1.165, 1.54) is 12.8 Å². The summed E-state index contributed by atoms with van der Waals surface area (Å²) in [5, 5.41) is 14.8. The molecule has 0 aromatic carbocycles. The molecule has 2 heterocycles. The second kappa shape index (κ2) is 5.94. The van der Waals surface area contributed by atoms with Gasteiger partial charge in [-0.3, -0.25) is 14.7 Å². The topological polar surface area (TPSA) is 98.8 Å². The van der Waals surface area contributed by atoms with Crippen LogP contribution in [0.1, 0.15) is 37.7 Å². The zero-order valence-corrected chi connectivity index (χ0v) is 13.5. The van der Waals surface area contributed by atoms with Crippen molar-refractivity contribution in [3.05, 3.63) is 34.0 Å². The lowest BCUT2D eigenvalue weighted by molar-refractivity contribution is -0.385. The van der Waals surface area contributed by atoms with Crippen molar-refractivity contribution in [1.29, 1.82) is 0 Å². The number of nitrogens with one attached hydrogen (secondary N) is 1. The van der Waals surface area contributed by atoms with Crippen LogP contribution in [0.15, 0.2) is 12.4 Å². The van der Waals surface area contributed by atoms with Gasteiger partial charge in [0, 0.05) is 18.4 Å². The predicted octanol–water partition coefficient (Wildman–Crippen LogP) is 2.79. The lowest BCUT2D eigenvalue weighted by Gasteiger charge is -2.18. The lowest BCUT2D eigenvalue weighted by Crippen LogP contribution is -2.24. The van der Waals surface area contributed by atoms with Gasteiger partial charge in [-0.2, -0.15) is 4.98 Å². The van der Waals surface area contributed by atoms with E-state index in [2.05, 4.69) is 27.2 Å². The maximum absolute atomic E-state index is 11.4. The predicted molar refractivity (Wildman–Crippen MR) is 85.7 cm³/mol. The zero-order valence-electron chi connectivity index (χ0n) is 13.5. The smallest absolute Gasteiger partial charge is 0.333 e. The van der Waals surface area contributed by atoms with Crippen molar-refractivity contribution < 1.29 is 4.92 Å². The largest absolute Gasteiger partial charge is 0.351 e. The van der Waals surface area contributed by atoms with Gasteiger partial charge in [0.1, 0.15) is 11.5 Å². The fourth-order valence-corrected chi connectivity index (χ4v) is 3.13. The van der Waals surface area contributed by atoms with E-state index in [1.807, 2.05) is 0 Å². The number of imidazole rings is 1. The molecule has 1 saturated carbocycles. The SMILES string of the molecule is Cc1nc(NC2CCCC2C)nc(-n2ccnc2C)c1[N+](=O)[O-]. The normalized spacial score (nSPS) is 20.7. The average molecular weight is 316 g/mol. The van der Waals surface area contributed by atoms with Crippen LogP contribution in [0.25, 0.3) is 5.82 Å². The summed E-state index contributed by atoms with van der Waals surface area (Å²) in [6.07, 6.45) is 6.70. The fourth-order valence-electron chi connectivity index (χ4n) is 3.13. The number of nitro groups is 1. The van der Waals surface area contributed by atoms with Gasteiger partial charge in [-0.05, 0) is 32.6 Å². The number of rotatable bonds is 4. The highest BCUT2D eigenvalue weighted by molar-refractivity contribution is 5.54. The molecule has 8 heteroatoms.